The maximum Gasteiger partial charge on any atom is 0.244 e. The zero-order valence-corrected chi connectivity index (χ0v) is 10.0. The average molecular weight is 292 g/mol. The van der Waals surface area contributed by atoms with Gasteiger partial charge in [0.2, 0.25) is 10.0 Å². The Labute approximate surface area is 105 Å². The lowest BCUT2D eigenvalue weighted by atomic mass is 10.3. The first-order valence-corrected chi connectivity index (χ1v) is 6.37. The standard InChI is InChI=1S/C9H7F3N4O2S/c10-5-1-2-6(9(12)8(5)11)19(17,18)15-3-7-13-4-14-16-7/h1-2,4,15H,3H2,(H,13,14,16). The van der Waals surface area contributed by atoms with Gasteiger partial charge in [0.05, 0.1) is 6.54 Å². The van der Waals surface area contributed by atoms with Crippen LogP contribution in [0.15, 0.2) is 23.4 Å². The molecular formula is C9H7F3N4O2S. The van der Waals surface area contributed by atoms with Crippen LogP contribution in [0.25, 0.3) is 0 Å². The highest BCUT2D eigenvalue weighted by atomic mass is 32.2. The van der Waals surface area contributed by atoms with Crippen LogP contribution in [-0.4, -0.2) is 23.6 Å². The van der Waals surface area contributed by atoms with E-state index in [1.807, 2.05) is 4.72 Å². The number of aromatic nitrogens is 3. The number of hydrogen-bond donors (Lipinski definition) is 2. The molecule has 0 fully saturated rings. The van der Waals surface area contributed by atoms with Crippen LogP contribution in [-0.2, 0) is 16.6 Å². The number of sulfonamides is 1. The van der Waals surface area contributed by atoms with Gasteiger partial charge in [-0.05, 0) is 12.1 Å². The monoisotopic (exact) mass is 292 g/mol. The van der Waals surface area contributed by atoms with Gasteiger partial charge >= 0.3 is 0 Å². The molecule has 0 aliphatic carbocycles. The van der Waals surface area contributed by atoms with E-state index in [2.05, 4.69) is 15.2 Å². The van der Waals surface area contributed by atoms with Gasteiger partial charge in [-0.2, -0.15) is 5.10 Å². The van der Waals surface area contributed by atoms with Crippen molar-refractivity contribution in [1.29, 1.82) is 0 Å². The number of benzene rings is 1. The first kappa shape index (κ1) is 13.5. The van der Waals surface area contributed by atoms with E-state index in [0.29, 0.717) is 12.1 Å². The molecule has 102 valence electrons. The zero-order chi connectivity index (χ0) is 14.0. The van der Waals surface area contributed by atoms with Gasteiger partial charge in [-0.3, -0.25) is 5.10 Å². The Hall–Kier alpha value is -1.94. The van der Waals surface area contributed by atoms with E-state index < -0.39 is 32.4 Å². The molecule has 19 heavy (non-hydrogen) atoms. The molecule has 0 atom stereocenters. The second kappa shape index (κ2) is 4.97. The number of hydrogen-bond acceptors (Lipinski definition) is 4. The summed E-state index contributed by atoms with van der Waals surface area (Å²) in [6.45, 7) is -0.291. The van der Waals surface area contributed by atoms with Gasteiger partial charge in [0.1, 0.15) is 17.0 Å². The molecule has 2 rings (SSSR count). The van der Waals surface area contributed by atoms with Crippen molar-refractivity contribution in [1.82, 2.24) is 19.9 Å². The van der Waals surface area contributed by atoms with Gasteiger partial charge in [0.15, 0.2) is 17.5 Å². The Bertz CT molecular complexity index is 688. The Morgan fingerprint density at radius 1 is 1.21 bits per heavy atom. The Kier molecular flexibility index (Phi) is 3.53. The molecule has 0 spiro atoms. The quantitative estimate of drug-likeness (QED) is 0.812. The fourth-order valence-corrected chi connectivity index (χ4v) is 2.33. The molecule has 1 aromatic carbocycles. The van der Waals surface area contributed by atoms with Crippen molar-refractivity contribution in [2.45, 2.75) is 11.4 Å². The van der Waals surface area contributed by atoms with Crippen LogP contribution >= 0.6 is 0 Å². The molecular weight excluding hydrogens is 285 g/mol. The summed E-state index contributed by atoms with van der Waals surface area (Å²) in [6, 6.07) is 1.16. The van der Waals surface area contributed by atoms with Crippen molar-refractivity contribution in [3.63, 3.8) is 0 Å². The highest BCUT2D eigenvalue weighted by Gasteiger charge is 2.23. The first-order valence-electron chi connectivity index (χ1n) is 4.89. The third-order valence-corrected chi connectivity index (χ3v) is 3.60. The van der Waals surface area contributed by atoms with Crippen molar-refractivity contribution in [3.05, 3.63) is 41.7 Å². The minimum atomic E-state index is -4.33. The van der Waals surface area contributed by atoms with E-state index in [4.69, 9.17) is 0 Å². The van der Waals surface area contributed by atoms with Gasteiger partial charge in [0.25, 0.3) is 0 Å². The second-order valence-corrected chi connectivity index (χ2v) is 5.17. The molecule has 0 aliphatic rings. The van der Waals surface area contributed by atoms with Crippen LogP contribution < -0.4 is 4.72 Å². The Morgan fingerprint density at radius 2 is 1.95 bits per heavy atom. The molecule has 2 N–H and O–H groups in total. The molecule has 0 saturated carbocycles. The molecule has 2 aromatic rings. The lowest BCUT2D eigenvalue weighted by molar-refractivity contribution is 0.431. The van der Waals surface area contributed by atoms with E-state index in [1.54, 1.807) is 0 Å². The minimum Gasteiger partial charge on any atom is -0.262 e. The molecule has 0 unspecified atom stereocenters. The van der Waals surface area contributed by atoms with Crippen LogP contribution in [0.1, 0.15) is 5.82 Å². The van der Waals surface area contributed by atoms with E-state index in [0.717, 1.165) is 6.33 Å². The molecule has 0 aliphatic heterocycles. The molecule has 1 aromatic heterocycles. The molecule has 6 nitrogen and oxygen atoms in total. The number of rotatable bonds is 4. The summed E-state index contributed by atoms with van der Waals surface area (Å²) in [5, 5.41) is 5.86. The molecule has 10 heteroatoms. The largest absolute Gasteiger partial charge is 0.262 e. The lowest BCUT2D eigenvalue weighted by Gasteiger charge is -2.07. The minimum absolute atomic E-state index is 0.187. The van der Waals surface area contributed by atoms with Crippen molar-refractivity contribution in [2.75, 3.05) is 0 Å². The van der Waals surface area contributed by atoms with Gasteiger partial charge in [-0.1, -0.05) is 0 Å². The lowest BCUT2D eigenvalue weighted by Crippen LogP contribution is -2.25. The van der Waals surface area contributed by atoms with Gasteiger partial charge in [-0.15, -0.1) is 0 Å². The summed E-state index contributed by atoms with van der Waals surface area (Å²) in [7, 11) is -4.33. The van der Waals surface area contributed by atoms with Crippen LogP contribution in [0.3, 0.4) is 0 Å². The highest BCUT2D eigenvalue weighted by Crippen LogP contribution is 2.19. The topological polar surface area (TPSA) is 87.7 Å². The fourth-order valence-electron chi connectivity index (χ4n) is 1.27. The predicted molar refractivity (Wildman–Crippen MR) is 56.7 cm³/mol. The van der Waals surface area contributed by atoms with Crippen molar-refractivity contribution >= 4 is 10.0 Å². The van der Waals surface area contributed by atoms with Crippen molar-refractivity contribution in [2.24, 2.45) is 0 Å². The molecule has 0 saturated heterocycles. The van der Waals surface area contributed by atoms with Crippen LogP contribution in [0.2, 0.25) is 0 Å². The second-order valence-electron chi connectivity index (χ2n) is 3.43. The van der Waals surface area contributed by atoms with Crippen LogP contribution in [0.4, 0.5) is 13.2 Å². The summed E-state index contributed by atoms with van der Waals surface area (Å²) < 4.78 is 64.4. The summed E-state index contributed by atoms with van der Waals surface area (Å²) >= 11 is 0. The number of nitrogens with one attached hydrogen (secondary N) is 2. The normalized spacial score (nSPS) is 11.7. The number of halogens is 3. The van der Waals surface area contributed by atoms with E-state index in [1.165, 1.54) is 0 Å². The Balaban J connectivity index is 2.27. The first-order chi connectivity index (χ1) is 8.92. The summed E-state index contributed by atoms with van der Waals surface area (Å²) in [4.78, 5) is 2.67. The van der Waals surface area contributed by atoms with Crippen molar-refractivity contribution in [3.8, 4) is 0 Å². The SMILES string of the molecule is O=S(=O)(NCc1ncn[nH]1)c1ccc(F)c(F)c1F. The van der Waals surface area contributed by atoms with E-state index in [9.17, 15) is 21.6 Å². The number of nitrogens with zero attached hydrogens (tertiary/aromatic N) is 2. The maximum absolute atomic E-state index is 13.4. The van der Waals surface area contributed by atoms with Gasteiger partial charge in [0, 0.05) is 0 Å². The summed E-state index contributed by atoms with van der Waals surface area (Å²) in [5.74, 6) is -4.90. The van der Waals surface area contributed by atoms with Gasteiger partial charge < -0.3 is 0 Å². The fraction of sp³-hybridized carbons (Fsp3) is 0.111. The van der Waals surface area contributed by atoms with E-state index in [-0.39, 0.29) is 12.4 Å². The van der Waals surface area contributed by atoms with Gasteiger partial charge in [-0.25, -0.2) is 31.3 Å². The zero-order valence-electron chi connectivity index (χ0n) is 9.19. The van der Waals surface area contributed by atoms with Crippen molar-refractivity contribution < 1.29 is 21.6 Å². The number of H-pyrrole nitrogens is 1. The third-order valence-electron chi connectivity index (χ3n) is 2.18. The highest BCUT2D eigenvalue weighted by molar-refractivity contribution is 7.89. The summed E-state index contributed by atoms with van der Waals surface area (Å²) in [6.07, 6.45) is 1.15. The van der Waals surface area contributed by atoms with E-state index >= 15 is 0 Å². The summed E-state index contributed by atoms with van der Waals surface area (Å²) in [5.41, 5.74) is 0. The third kappa shape index (κ3) is 2.74. The molecule has 1 heterocycles. The molecule has 0 radical (unpaired) electrons. The maximum atomic E-state index is 13.4. The Morgan fingerprint density at radius 3 is 2.58 bits per heavy atom. The van der Waals surface area contributed by atoms with Crippen LogP contribution in [0, 0.1) is 17.5 Å². The predicted octanol–water partition coefficient (Wildman–Crippen LogP) is 0.701. The smallest absolute Gasteiger partial charge is 0.244 e. The van der Waals surface area contributed by atoms with Crippen LogP contribution in [0.5, 0.6) is 0 Å². The molecule has 0 bridgehead atoms. The number of aromatic amines is 1. The average Bonchev–Trinajstić information content (AvgIpc) is 2.86. The molecule has 0 amide bonds.